The second kappa shape index (κ2) is 26.4. The molecule has 2 heterocycles. The van der Waals surface area contributed by atoms with Crippen LogP contribution < -0.4 is 15.4 Å². The van der Waals surface area contributed by atoms with E-state index < -0.39 is 27.4 Å². The van der Waals surface area contributed by atoms with Crippen molar-refractivity contribution in [1.82, 2.24) is 20.4 Å². The Morgan fingerprint density at radius 3 is 1.49 bits per heavy atom. The molecule has 2 aromatic carbocycles. The number of benzene rings is 2. The van der Waals surface area contributed by atoms with Crippen molar-refractivity contribution in [3.63, 3.8) is 0 Å². The van der Waals surface area contributed by atoms with E-state index in [2.05, 4.69) is 24.6 Å². The zero-order chi connectivity index (χ0) is 42.2. The number of alkyl carbamates (subject to hydrolysis) is 2. The minimum Gasteiger partial charge on any atom is -0.508 e. The lowest BCUT2D eigenvalue weighted by Crippen LogP contribution is -2.37. The number of rotatable bonds is 16. The van der Waals surface area contributed by atoms with Gasteiger partial charge in [0.1, 0.15) is 22.7 Å². The van der Waals surface area contributed by atoms with Gasteiger partial charge in [-0.2, -0.15) is 8.42 Å². The third-order valence-corrected chi connectivity index (χ3v) is 8.63. The molecule has 0 aliphatic carbocycles. The van der Waals surface area contributed by atoms with Crippen LogP contribution in [-0.4, -0.2) is 145 Å². The van der Waals surface area contributed by atoms with Crippen LogP contribution in [0.15, 0.2) is 48.5 Å². The van der Waals surface area contributed by atoms with Crippen LogP contribution in [0.2, 0.25) is 0 Å². The number of carbonyl (C=O) groups excluding carboxylic acids is 2. The SMILES string of the molecule is CC(C)(C)OC(=O)NCCc1ccc(O)cc1.CC(C)(C)OC(=O)NCCc1ccc(OCCCN2CCOCC2)cc1.CS(=O)(=O)OCCCN1CCOCC1. The maximum atomic E-state index is 11.6. The normalized spacial score (nSPS) is 15.2. The molecule has 2 aliphatic heterocycles. The number of phenols is 1. The van der Waals surface area contributed by atoms with Crippen molar-refractivity contribution in [2.24, 2.45) is 0 Å². The van der Waals surface area contributed by atoms with Gasteiger partial charge in [-0.25, -0.2) is 9.59 Å². The number of phenolic OH excluding ortho intramolecular Hbond substituents is 1. The molecule has 16 heteroatoms. The lowest BCUT2D eigenvalue weighted by molar-refractivity contribution is 0.0358. The van der Waals surface area contributed by atoms with Crippen LogP contribution in [0.3, 0.4) is 0 Å². The van der Waals surface area contributed by atoms with Gasteiger partial charge in [-0.1, -0.05) is 24.3 Å². The Balaban J connectivity index is 0.000000313. The Morgan fingerprint density at radius 2 is 1.09 bits per heavy atom. The van der Waals surface area contributed by atoms with E-state index in [1.807, 2.05) is 77.9 Å². The molecule has 2 amide bonds. The number of hydrogen-bond acceptors (Lipinski definition) is 13. The molecule has 4 rings (SSSR count). The largest absolute Gasteiger partial charge is 0.508 e. The molecule has 324 valence electrons. The number of aromatic hydroxyl groups is 1. The Hall–Kier alpha value is -3.67. The summed E-state index contributed by atoms with van der Waals surface area (Å²) in [4.78, 5) is 27.6. The van der Waals surface area contributed by atoms with E-state index in [4.69, 9.17) is 28.8 Å². The van der Waals surface area contributed by atoms with Gasteiger partial charge < -0.3 is 39.4 Å². The van der Waals surface area contributed by atoms with Gasteiger partial charge in [0.05, 0.1) is 45.9 Å². The van der Waals surface area contributed by atoms with E-state index in [0.29, 0.717) is 19.5 Å². The molecule has 2 aromatic rings. The first-order valence-corrected chi connectivity index (χ1v) is 21.6. The van der Waals surface area contributed by atoms with Crippen molar-refractivity contribution < 1.29 is 51.0 Å². The van der Waals surface area contributed by atoms with Crippen LogP contribution >= 0.6 is 0 Å². The Morgan fingerprint density at radius 1 is 0.684 bits per heavy atom. The third kappa shape index (κ3) is 27.6. The molecular formula is C41H68N4O11S. The van der Waals surface area contributed by atoms with Crippen LogP contribution in [0.4, 0.5) is 9.59 Å². The van der Waals surface area contributed by atoms with Crippen molar-refractivity contribution in [3.05, 3.63) is 59.7 Å². The van der Waals surface area contributed by atoms with Crippen LogP contribution in [0.25, 0.3) is 0 Å². The number of hydrogen-bond donors (Lipinski definition) is 3. The second-order valence-electron chi connectivity index (χ2n) is 15.7. The Labute approximate surface area is 340 Å². The number of carbonyl (C=O) groups is 2. The molecule has 0 unspecified atom stereocenters. The smallest absolute Gasteiger partial charge is 0.407 e. The van der Waals surface area contributed by atoms with E-state index in [-0.39, 0.29) is 18.4 Å². The molecule has 0 aromatic heterocycles. The summed E-state index contributed by atoms with van der Waals surface area (Å²) in [5.41, 5.74) is 1.27. The van der Waals surface area contributed by atoms with Crippen LogP contribution in [-0.2, 0) is 46.1 Å². The first kappa shape index (κ1) is 49.5. The van der Waals surface area contributed by atoms with E-state index in [1.165, 1.54) is 0 Å². The first-order valence-electron chi connectivity index (χ1n) is 19.7. The summed E-state index contributed by atoms with van der Waals surface area (Å²) in [5, 5.41) is 14.6. The highest BCUT2D eigenvalue weighted by Gasteiger charge is 2.17. The minimum absolute atomic E-state index is 0.244. The summed E-state index contributed by atoms with van der Waals surface area (Å²) < 4.78 is 52.5. The quantitative estimate of drug-likeness (QED) is 0.153. The number of amides is 2. The van der Waals surface area contributed by atoms with E-state index in [1.54, 1.807) is 12.1 Å². The van der Waals surface area contributed by atoms with Crippen molar-refractivity contribution in [1.29, 1.82) is 0 Å². The van der Waals surface area contributed by atoms with Gasteiger partial charge in [-0.05, 0) is 103 Å². The molecule has 0 bridgehead atoms. The summed E-state index contributed by atoms with van der Waals surface area (Å²) in [6, 6.07) is 14.9. The summed E-state index contributed by atoms with van der Waals surface area (Å²) in [5.74, 6) is 1.13. The van der Waals surface area contributed by atoms with Crippen LogP contribution in [0, 0.1) is 0 Å². The predicted molar refractivity (Wildman–Crippen MR) is 220 cm³/mol. The number of morpholine rings is 2. The highest BCUT2D eigenvalue weighted by molar-refractivity contribution is 7.85. The van der Waals surface area contributed by atoms with Gasteiger partial charge in [0.2, 0.25) is 0 Å². The molecule has 57 heavy (non-hydrogen) atoms. The van der Waals surface area contributed by atoms with Gasteiger partial charge in [-0.3, -0.25) is 14.0 Å². The minimum atomic E-state index is -3.27. The molecule has 0 saturated carbocycles. The Bertz CT molecular complexity index is 1500. The van der Waals surface area contributed by atoms with Gasteiger partial charge in [-0.15, -0.1) is 0 Å². The van der Waals surface area contributed by atoms with Crippen molar-refractivity contribution in [3.8, 4) is 11.5 Å². The highest BCUT2D eigenvalue weighted by atomic mass is 32.2. The fourth-order valence-electron chi connectivity index (χ4n) is 5.29. The number of nitrogens with one attached hydrogen (secondary N) is 2. The molecule has 0 atom stereocenters. The van der Waals surface area contributed by atoms with Gasteiger partial charge in [0.25, 0.3) is 10.1 Å². The molecule has 0 spiro atoms. The van der Waals surface area contributed by atoms with Gasteiger partial charge in [0, 0.05) is 52.4 Å². The van der Waals surface area contributed by atoms with E-state index >= 15 is 0 Å². The fraction of sp³-hybridized carbons (Fsp3) is 0.659. The van der Waals surface area contributed by atoms with E-state index in [0.717, 1.165) is 115 Å². The van der Waals surface area contributed by atoms with Gasteiger partial charge >= 0.3 is 12.2 Å². The molecule has 0 radical (unpaired) electrons. The average molecular weight is 825 g/mol. The standard InChI is InChI=1S/C20H32N2O4.C13H19NO3.C8H17NO4S/c1-20(2,3)26-19(23)21-10-9-17-5-7-18(8-6-17)25-14-4-11-22-12-15-24-16-13-22;1-13(2,3)17-12(16)14-9-8-10-4-6-11(15)7-5-10;1-14(10,11)13-6-2-3-9-4-7-12-8-5-9/h5-8H,4,9-16H2,1-3H3,(H,21,23);4-7,15H,8-9H2,1-3H3,(H,14,16);2-8H2,1H3. The topological polar surface area (TPSA) is 174 Å². The average Bonchev–Trinajstić information content (AvgIpc) is 3.13. The lowest BCUT2D eigenvalue weighted by atomic mass is 10.1. The van der Waals surface area contributed by atoms with Crippen molar-refractivity contribution in [2.75, 3.05) is 98.3 Å². The highest BCUT2D eigenvalue weighted by Crippen LogP contribution is 2.14. The third-order valence-electron chi connectivity index (χ3n) is 8.03. The number of nitrogens with zero attached hydrogens (tertiary/aromatic N) is 2. The van der Waals surface area contributed by atoms with E-state index in [9.17, 15) is 18.0 Å². The fourth-order valence-corrected chi connectivity index (χ4v) is 5.71. The summed E-state index contributed by atoms with van der Waals surface area (Å²) in [7, 11) is -3.27. The summed E-state index contributed by atoms with van der Waals surface area (Å²) >= 11 is 0. The second-order valence-corrected chi connectivity index (χ2v) is 17.3. The zero-order valence-electron chi connectivity index (χ0n) is 35.2. The molecule has 2 aliphatic rings. The Kier molecular flexibility index (Phi) is 22.9. The summed E-state index contributed by atoms with van der Waals surface area (Å²) in [6.07, 6.45) is 3.51. The number of ether oxygens (including phenoxy) is 5. The molecule has 3 N–H and O–H groups in total. The predicted octanol–water partition coefficient (Wildman–Crippen LogP) is 5.00. The molecule has 2 saturated heterocycles. The van der Waals surface area contributed by atoms with Crippen molar-refractivity contribution in [2.45, 2.75) is 78.4 Å². The van der Waals surface area contributed by atoms with Crippen LogP contribution in [0.5, 0.6) is 11.5 Å². The molecule has 2 fully saturated rings. The lowest BCUT2D eigenvalue weighted by Gasteiger charge is -2.26. The summed E-state index contributed by atoms with van der Waals surface area (Å²) in [6.45, 7) is 22.1. The monoisotopic (exact) mass is 824 g/mol. The maximum absolute atomic E-state index is 11.6. The maximum Gasteiger partial charge on any atom is 0.407 e. The molecular weight excluding hydrogens is 757 g/mol. The van der Waals surface area contributed by atoms with Crippen molar-refractivity contribution >= 4 is 22.3 Å². The zero-order valence-corrected chi connectivity index (χ0v) is 36.0. The van der Waals surface area contributed by atoms with Gasteiger partial charge in [0.15, 0.2) is 0 Å². The first-order chi connectivity index (χ1) is 26.9. The molecule has 15 nitrogen and oxygen atoms in total. The van der Waals surface area contributed by atoms with Crippen LogP contribution in [0.1, 0.15) is 65.5 Å².